The van der Waals surface area contributed by atoms with Gasteiger partial charge in [-0.15, -0.1) is 0 Å². The Labute approximate surface area is 127 Å². The molecule has 1 N–H and O–H groups in total. The van der Waals surface area contributed by atoms with Crippen molar-refractivity contribution >= 4 is 5.95 Å². The van der Waals surface area contributed by atoms with Crippen molar-refractivity contribution in [1.82, 2.24) is 9.55 Å². The van der Waals surface area contributed by atoms with Crippen LogP contribution in [0.5, 0.6) is 0 Å². The first kappa shape index (κ1) is 14.2. The average Bonchev–Trinajstić information content (AvgIpc) is 2.96. The molecule has 1 atom stereocenters. The van der Waals surface area contributed by atoms with E-state index in [4.69, 9.17) is 0 Å². The van der Waals surface area contributed by atoms with E-state index in [9.17, 15) is 0 Å². The molecule has 112 valence electrons. The smallest absolute Gasteiger partial charge is 0.203 e. The first-order chi connectivity index (χ1) is 10.3. The number of anilines is 1. The van der Waals surface area contributed by atoms with E-state index in [-0.39, 0.29) is 0 Å². The van der Waals surface area contributed by atoms with Crippen molar-refractivity contribution in [2.75, 3.05) is 5.32 Å². The molecule has 1 aliphatic rings. The van der Waals surface area contributed by atoms with E-state index in [1.807, 2.05) is 6.20 Å². The largest absolute Gasteiger partial charge is 0.353 e. The molecule has 1 fully saturated rings. The van der Waals surface area contributed by atoms with Crippen LogP contribution >= 0.6 is 0 Å². The summed E-state index contributed by atoms with van der Waals surface area (Å²) in [7, 11) is 0. The van der Waals surface area contributed by atoms with E-state index < -0.39 is 0 Å². The second kappa shape index (κ2) is 6.33. The van der Waals surface area contributed by atoms with Crippen LogP contribution in [0.3, 0.4) is 0 Å². The number of benzene rings is 1. The lowest BCUT2D eigenvalue weighted by Crippen LogP contribution is -2.25. The third-order valence-corrected chi connectivity index (χ3v) is 4.66. The van der Waals surface area contributed by atoms with Gasteiger partial charge in [-0.05, 0) is 37.8 Å². The molecule has 1 heterocycles. The number of hydrogen-bond donors (Lipinski definition) is 1. The highest BCUT2D eigenvalue weighted by molar-refractivity contribution is 5.34. The van der Waals surface area contributed by atoms with Crippen molar-refractivity contribution in [2.45, 2.75) is 58.0 Å². The van der Waals surface area contributed by atoms with Crippen LogP contribution in [-0.4, -0.2) is 15.6 Å². The second-order valence-corrected chi connectivity index (χ2v) is 6.17. The van der Waals surface area contributed by atoms with Crippen LogP contribution < -0.4 is 5.32 Å². The van der Waals surface area contributed by atoms with Crippen LogP contribution in [0.4, 0.5) is 5.95 Å². The Balaban J connectivity index is 1.79. The van der Waals surface area contributed by atoms with Gasteiger partial charge in [0, 0.05) is 18.4 Å². The maximum absolute atomic E-state index is 4.54. The van der Waals surface area contributed by atoms with Gasteiger partial charge in [0.25, 0.3) is 0 Å². The van der Waals surface area contributed by atoms with Crippen molar-refractivity contribution in [2.24, 2.45) is 0 Å². The Hall–Kier alpha value is -1.77. The van der Waals surface area contributed by atoms with Gasteiger partial charge in [-0.3, -0.25) is 0 Å². The SMILES string of the molecule is Cc1ccccc1C(C)n1ccnc1NC1CCCCC1. The quantitative estimate of drug-likeness (QED) is 0.892. The Bertz CT molecular complexity index is 582. The third-order valence-electron chi connectivity index (χ3n) is 4.66. The summed E-state index contributed by atoms with van der Waals surface area (Å²) in [5.74, 6) is 1.01. The standard InChI is InChI=1S/C18H25N3/c1-14-8-6-7-11-17(14)15(2)21-13-12-19-18(21)20-16-9-4-3-5-10-16/h6-8,11-13,15-16H,3-5,9-10H2,1-2H3,(H,19,20). The van der Waals surface area contributed by atoms with Crippen LogP contribution in [0, 0.1) is 6.92 Å². The number of aromatic nitrogens is 2. The minimum atomic E-state index is 0.305. The second-order valence-electron chi connectivity index (χ2n) is 6.17. The van der Waals surface area contributed by atoms with Crippen molar-refractivity contribution in [3.8, 4) is 0 Å². The maximum atomic E-state index is 4.54. The van der Waals surface area contributed by atoms with Crippen molar-refractivity contribution in [1.29, 1.82) is 0 Å². The molecule has 1 aromatic heterocycles. The molecule has 0 amide bonds. The van der Waals surface area contributed by atoms with Gasteiger partial charge in [0.1, 0.15) is 0 Å². The van der Waals surface area contributed by atoms with Gasteiger partial charge in [-0.25, -0.2) is 4.98 Å². The predicted octanol–water partition coefficient (Wildman–Crippen LogP) is 4.55. The Kier molecular flexibility index (Phi) is 4.28. The Morgan fingerprint density at radius 2 is 1.95 bits per heavy atom. The molecule has 3 heteroatoms. The van der Waals surface area contributed by atoms with Crippen LogP contribution in [0.15, 0.2) is 36.7 Å². The number of rotatable bonds is 4. The van der Waals surface area contributed by atoms with E-state index in [1.165, 1.54) is 43.2 Å². The van der Waals surface area contributed by atoms with E-state index >= 15 is 0 Å². The molecule has 0 bridgehead atoms. The number of imidazole rings is 1. The van der Waals surface area contributed by atoms with Crippen molar-refractivity contribution in [3.05, 3.63) is 47.8 Å². The van der Waals surface area contributed by atoms with E-state index in [0.717, 1.165) is 5.95 Å². The molecule has 21 heavy (non-hydrogen) atoms. The minimum absolute atomic E-state index is 0.305. The van der Waals surface area contributed by atoms with Crippen molar-refractivity contribution in [3.63, 3.8) is 0 Å². The molecule has 1 unspecified atom stereocenters. The van der Waals surface area contributed by atoms with Gasteiger partial charge in [0.2, 0.25) is 5.95 Å². The zero-order chi connectivity index (χ0) is 14.7. The first-order valence-corrected chi connectivity index (χ1v) is 8.10. The monoisotopic (exact) mass is 283 g/mol. The lowest BCUT2D eigenvalue weighted by molar-refractivity contribution is 0.458. The molecular formula is C18H25N3. The summed E-state index contributed by atoms with van der Waals surface area (Å²) < 4.78 is 2.26. The maximum Gasteiger partial charge on any atom is 0.203 e. The molecule has 0 radical (unpaired) electrons. The number of nitrogens with one attached hydrogen (secondary N) is 1. The Morgan fingerprint density at radius 3 is 2.71 bits per heavy atom. The van der Waals surface area contributed by atoms with E-state index in [2.05, 4.69) is 59.2 Å². The molecular weight excluding hydrogens is 258 g/mol. The normalized spacial score (nSPS) is 17.6. The fourth-order valence-electron chi connectivity index (χ4n) is 3.37. The molecule has 3 rings (SSSR count). The highest BCUT2D eigenvalue weighted by Gasteiger charge is 2.18. The fourth-order valence-corrected chi connectivity index (χ4v) is 3.37. The number of aryl methyl sites for hydroxylation is 1. The summed E-state index contributed by atoms with van der Waals surface area (Å²) in [4.78, 5) is 4.54. The highest BCUT2D eigenvalue weighted by Crippen LogP contribution is 2.26. The number of hydrogen-bond acceptors (Lipinski definition) is 2. The lowest BCUT2D eigenvalue weighted by Gasteiger charge is -2.25. The molecule has 1 saturated carbocycles. The summed E-state index contributed by atoms with van der Waals surface area (Å²) in [6, 6.07) is 9.50. The van der Waals surface area contributed by atoms with Crippen LogP contribution in [0.2, 0.25) is 0 Å². The topological polar surface area (TPSA) is 29.9 Å². The van der Waals surface area contributed by atoms with Crippen LogP contribution in [0.1, 0.15) is 56.2 Å². The molecule has 0 saturated heterocycles. The van der Waals surface area contributed by atoms with Crippen LogP contribution in [-0.2, 0) is 0 Å². The third kappa shape index (κ3) is 3.12. The van der Waals surface area contributed by atoms with E-state index in [0.29, 0.717) is 12.1 Å². The van der Waals surface area contributed by atoms with Gasteiger partial charge in [-0.1, -0.05) is 43.5 Å². The zero-order valence-electron chi connectivity index (χ0n) is 13.0. The summed E-state index contributed by atoms with van der Waals surface area (Å²) in [6.45, 7) is 4.42. The molecule has 1 aromatic carbocycles. The lowest BCUT2D eigenvalue weighted by atomic mass is 9.96. The van der Waals surface area contributed by atoms with Crippen molar-refractivity contribution < 1.29 is 0 Å². The van der Waals surface area contributed by atoms with Gasteiger partial charge in [-0.2, -0.15) is 0 Å². The average molecular weight is 283 g/mol. The summed E-state index contributed by atoms with van der Waals surface area (Å²) in [5, 5.41) is 3.65. The number of nitrogens with zero attached hydrogens (tertiary/aromatic N) is 2. The highest BCUT2D eigenvalue weighted by atomic mass is 15.2. The van der Waals surface area contributed by atoms with E-state index in [1.54, 1.807) is 0 Å². The summed E-state index contributed by atoms with van der Waals surface area (Å²) in [6.07, 6.45) is 10.6. The summed E-state index contributed by atoms with van der Waals surface area (Å²) >= 11 is 0. The minimum Gasteiger partial charge on any atom is -0.353 e. The van der Waals surface area contributed by atoms with Gasteiger partial charge in [0.15, 0.2) is 0 Å². The first-order valence-electron chi connectivity index (χ1n) is 8.10. The molecule has 0 spiro atoms. The molecule has 1 aliphatic carbocycles. The zero-order valence-corrected chi connectivity index (χ0v) is 13.0. The predicted molar refractivity (Wildman–Crippen MR) is 87.7 cm³/mol. The van der Waals surface area contributed by atoms with Gasteiger partial charge < -0.3 is 9.88 Å². The Morgan fingerprint density at radius 1 is 1.19 bits per heavy atom. The fraction of sp³-hybridized carbons (Fsp3) is 0.500. The van der Waals surface area contributed by atoms with Gasteiger partial charge in [0.05, 0.1) is 6.04 Å². The summed E-state index contributed by atoms with van der Waals surface area (Å²) in [5.41, 5.74) is 2.70. The van der Waals surface area contributed by atoms with Crippen LogP contribution in [0.25, 0.3) is 0 Å². The van der Waals surface area contributed by atoms with Gasteiger partial charge >= 0.3 is 0 Å². The molecule has 3 nitrogen and oxygen atoms in total. The molecule has 0 aliphatic heterocycles. The molecule has 2 aromatic rings.